The Morgan fingerprint density at radius 3 is 2.71 bits per heavy atom. The van der Waals surface area contributed by atoms with E-state index in [1.54, 1.807) is 7.05 Å². The molecule has 0 saturated carbocycles. The minimum atomic E-state index is 0.129. The molecule has 1 saturated heterocycles. The molecular weight excluding hydrogens is 238 g/mol. The van der Waals surface area contributed by atoms with Crippen molar-refractivity contribution in [1.29, 1.82) is 0 Å². The average Bonchev–Trinajstić information content (AvgIpc) is 2.89. The first-order valence-corrected chi connectivity index (χ1v) is 6.74. The van der Waals surface area contributed by atoms with E-state index in [0.29, 0.717) is 16.9 Å². The predicted molar refractivity (Wildman–Crippen MR) is 68.6 cm³/mol. The average molecular weight is 255 g/mol. The fourth-order valence-electron chi connectivity index (χ4n) is 1.72. The molecule has 1 aliphatic rings. The highest BCUT2D eigenvalue weighted by Gasteiger charge is 2.17. The topological polar surface area (TPSA) is 74.2 Å². The van der Waals surface area contributed by atoms with Gasteiger partial charge in [-0.3, -0.25) is 0 Å². The number of thioether (sulfide) groups is 1. The van der Waals surface area contributed by atoms with E-state index in [4.69, 9.17) is 5.11 Å². The maximum Gasteiger partial charge on any atom is 0.231 e. The zero-order valence-electron chi connectivity index (χ0n) is 9.89. The third-order valence-corrected chi connectivity index (χ3v) is 3.37. The summed E-state index contributed by atoms with van der Waals surface area (Å²) in [5.74, 6) is 1.93. The van der Waals surface area contributed by atoms with Crippen molar-refractivity contribution in [3.63, 3.8) is 0 Å². The Bertz CT molecular complexity index is 370. The van der Waals surface area contributed by atoms with Gasteiger partial charge in [0.05, 0.1) is 6.61 Å². The summed E-state index contributed by atoms with van der Waals surface area (Å²) in [5, 5.41) is 12.4. The summed E-state index contributed by atoms with van der Waals surface area (Å²) >= 11 is 1.44. The van der Waals surface area contributed by atoms with Crippen molar-refractivity contribution in [3.8, 4) is 0 Å². The molecule has 0 unspecified atom stereocenters. The van der Waals surface area contributed by atoms with Gasteiger partial charge in [-0.25, -0.2) is 0 Å². The third-order valence-electron chi connectivity index (χ3n) is 2.54. The molecular formula is C10H17N5OS. The lowest BCUT2D eigenvalue weighted by atomic mass is 10.4. The van der Waals surface area contributed by atoms with Gasteiger partial charge in [-0.05, 0) is 12.8 Å². The Labute approximate surface area is 105 Å². The molecule has 1 aromatic heterocycles. The van der Waals surface area contributed by atoms with Crippen molar-refractivity contribution in [2.75, 3.05) is 42.7 Å². The van der Waals surface area contributed by atoms with E-state index >= 15 is 0 Å². The van der Waals surface area contributed by atoms with Crippen LogP contribution >= 0.6 is 11.8 Å². The Kier molecular flexibility index (Phi) is 4.38. The molecule has 6 nitrogen and oxygen atoms in total. The van der Waals surface area contributed by atoms with Crippen LogP contribution < -0.4 is 10.2 Å². The Hall–Kier alpha value is -1.08. The first-order valence-electron chi connectivity index (χ1n) is 5.76. The largest absolute Gasteiger partial charge is 0.396 e. The summed E-state index contributed by atoms with van der Waals surface area (Å²) in [6.07, 6.45) is 2.39. The van der Waals surface area contributed by atoms with E-state index in [0.717, 1.165) is 19.0 Å². The van der Waals surface area contributed by atoms with Gasteiger partial charge in [-0.1, -0.05) is 11.8 Å². The molecule has 1 aromatic rings. The third kappa shape index (κ3) is 3.19. The maximum atomic E-state index is 8.82. The van der Waals surface area contributed by atoms with Crippen molar-refractivity contribution in [2.45, 2.75) is 18.0 Å². The van der Waals surface area contributed by atoms with Gasteiger partial charge in [0, 0.05) is 25.9 Å². The Morgan fingerprint density at radius 2 is 2.06 bits per heavy atom. The van der Waals surface area contributed by atoms with E-state index in [9.17, 15) is 0 Å². The van der Waals surface area contributed by atoms with E-state index in [2.05, 4.69) is 25.2 Å². The molecule has 2 heterocycles. The molecule has 1 aliphatic heterocycles. The number of hydrogen-bond donors (Lipinski definition) is 2. The highest BCUT2D eigenvalue weighted by Crippen LogP contribution is 2.20. The normalized spacial score (nSPS) is 15.3. The summed E-state index contributed by atoms with van der Waals surface area (Å²) in [7, 11) is 1.80. The summed E-state index contributed by atoms with van der Waals surface area (Å²) in [6.45, 7) is 2.15. The van der Waals surface area contributed by atoms with Crippen molar-refractivity contribution < 1.29 is 5.11 Å². The van der Waals surface area contributed by atoms with Gasteiger partial charge in [0.1, 0.15) is 0 Å². The highest BCUT2D eigenvalue weighted by atomic mass is 32.2. The molecule has 0 radical (unpaired) electrons. The SMILES string of the molecule is CNc1nc(SCCO)nc(N2CCCC2)n1. The second-order valence-electron chi connectivity index (χ2n) is 3.76. The van der Waals surface area contributed by atoms with Crippen LogP contribution in [0.2, 0.25) is 0 Å². The maximum absolute atomic E-state index is 8.82. The number of rotatable bonds is 5. The smallest absolute Gasteiger partial charge is 0.231 e. The monoisotopic (exact) mass is 255 g/mol. The van der Waals surface area contributed by atoms with Gasteiger partial charge >= 0.3 is 0 Å². The lowest BCUT2D eigenvalue weighted by Crippen LogP contribution is -2.21. The fourth-order valence-corrected chi connectivity index (χ4v) is 2.29. The van der Waals surface area contributed by atoms with Crippen LogP contribution in [-0.2, 0) is 0 Å². The number of nitrogens with zero attached hydrogens (tertiary/aromatic N) is 4. The number of aliphatic hydroxyl groups excluding tert-OH is 1. The molecule has 2 rings (SSSR count). The lowest BCUT2D eigenvalue weighted by Gasteiger charge is -2.16. The molecule has 0 bridgehead atoms. The van der Waals surface area contributed by atoms with Crippen molar-refractivity contribution in [2.24, 2.45) is 0 Å². The van der Waals surface area contributed by atoms with E-state index in [1.165, 1.54) is 24.6 Å². The first-order chi connectivity index (χ1) is 8.33. The second-order valence-corrected chi connectivity index (χ2v) is 4.82. The summed E-state index contributed by atoms with van der Waals surface area (Å²) in [4.78, 5) is 15.2. The highest BCUT2D eigenvalue weighted by molar-refractivity contribution is 7.99. The zero-order valence-corrected chi connectivity index (χ0v) is 10.7. The molecule has 7 heteroatoms. The van der Waals surface area contributed by atoms with Gasteiger partial charge in [0.15, 0.2) is 5.16 Å². The second kappa shape index (κ2) is 6.02. The zero-order chi connectivity index (χ0) is 12.1. The van der Waals surface area contributed by atoms with Crippen LogP contribution in [0.4, 0.5) is 11.9 Å². The van der Waals surface area contributed by atoms with Crippen LogP contribution in [0.25, 0.3) is 0 Å². The molecule has 17 heavy (non-hydrogen) atoms. The number of aliphatic hydroxyl groups is 1. The Balaban J connectivity index is 2.18. The number of anilines is 2. The van der Waals surface area contributed by atoms with Crippen molar-refractivity contribution in [1.82, 2.24) is 15.0 Å². The summed E-state index contributed by atoms with van der Waals surface area (Å²) < 4.78 is 0. The Morgan fingerprint density at radius 1 is 1.29 bits per heavy atom. The molecule has 0 aromatic carbocycles. The van der Waals surface area contributed by atoms with Gasteiger partial charge in [0.2, 0.25) is 11.9 Å². The van der Waals surface area contributed by atoms with Crippen LogP contribution in [0.3, 0.4) is 0 Å². The van der Waals surface area contributed by atoms with E-state index < -0.39 is 0 Å². The molecule has 94 valence electrons. The number of nitrogens with one attached hydrogen (secondary N) is 1. The minimum absolute atomic E-state index is 0.129. The summed E-state index contributed by atoms with van der Waals surface area (Å²) in [6, 6.07) is 0. The number of aromatic nitrogens is 3. The van der Waals surface area contributed by atoms with Crippen LogP contribution in [0.5, 0.6) is 0 Å². The first kappa shape index (κ1) is 12.4. The van der Waals surface area contributed by atoms with Crippen LogP contribution in [0, 0.1) is 0 Å². The lowest BCUT2D eigenvalue weighted by molar-refractivity contribution is 0.322. The van der Waals surface area contributed by atoms with Crippen molar-refractivity contribution >= 4 is 23.7 Å². The van der Waals surface area contributed by atoms with Gasteiger partial charge < -0.3 is 15.3 Å². The van der Waals surface area contributed by atoms with Crippen LogP contribution in [0.1, 0.15) is 12.8 Å². The minimum Gasteiger partial charge on any atom is -0.396 e. The molecule has 1 fully saturated rings. The molecule has 0 amide bonds. The fraction of sp³-hybridized carbons (Fsp3) is 0.700. The molecule has 0 aliphatic carbocycles. The van der Waals surface area contributed by atoms with Crippen LogP contribution in [-0.4, -0.2) is 52.6 Å². The van der Waals surface area contributed by atoms with Gasteiger partial charge in [-0.2, -0.15) is 15.0 Å². The van der Waals surface area contributed by atoms with E-state index in [-0.39, 0.29) is 6.61 Å². The van der Waals surface area contributed by atoms with Gasteiger partial charge in [0.25, 0.3) is 0 Å². The summed E-state index contributed by atoms with van der Waals surface area (Å²) in [5.41, 5.74) is 0. The van der Waals surface area contributed by atoms with Crippen molar-refractivity contribution in [3.05, 3.63) is 0 Å². The quantitative estimate of drug-likeness (QED) is 0.746. The molecule has 0 spiro atoms. The van der Waals surface area contributed by atoms with Gasteiger partial charge in [-0.15, -0.1) is 0 Å². The number of hydrogen-bond acceptors (Lipinski definition) is 7. The predicted octanol–water partition coefficient (Wildman–Crippen LogP) is 0.598. The van der Waals surface area contributed by atoms with E-state index in [1.807, 2.05) is 0 Å². The molecule has 2 N–H and O–H groups in total. The molecule has 0 atom stereocenters. The standard InChI is InChI=1S/C10H17N5OS/c1-11-8-12-9(15-4-2-3-5-15)14-10(13-8)17-7-6-16/h16H,2-7H2,1H3,(H,11,12,13,14). The van der Waals surface area contributed by atoms with Crippen LogP contribution in [0.15, 0.2) is 5.16 Å².